The molecule has 0 saturated carbocycles. The smallest absolute Gasteiger partial charge is 0.254 e. The van der Waals surface area contributed by atoms with E-state index in [1.807, 2.05) is 24.3 Å². The normalized spacial score (nSPS) is 22.5. The predicted octanol–water partition coefficient (Wildman–Crippen LogP) is 1.18. The monoisotopic (exact) mass is 344 g/mol. The lowest BCUT2D eigenvalue weighted by Crippen LogP contribution is -2.46. The Balaban J connectivity index is 1.67. The second-order valence-electron chi connectivity index (χ2n) is 6.79. The molecule has 2 heterocycles. The van der Waals surface area contributed by atoms with E-state index in [4.69, 9.17) is 0 Å². The van der Waals surface area contributed by atoms with E-state index in [-0.39, 0.29) is 11.8 Å². The fourth-order valence-electron chi connectivity index (χ4n) is 3.52. The molecule has 0 radical (unpaired) electrons. The molecule has 0 aliphatic carbocycles. The maximum absolute atomic E-state index is 12.8. The maximum atomic E-state index is 12.8. The van der Waals surface area contributed by atoms with Crippen molar-refractivity contribution in [1.29, 1.82) is 0 Å². The highest BCUT2D eigenvalue weighted by Gasteiger charge is 2.28. The number of rotatable bonds is 3. The Kier molecular flexibility index (Phi) is 5.58. The molecule has 1 aromatic carbocycles. The van der Waals surface area contributed by atoms with Crippen molar-refractivity contribution in [3.63, 3.8) is 0 Å². The van der Waals surface area contributed by atoms with Crippen LogP contribution in [0.3, 0.4) is 0 Å². The molecule has 136 valence electrons. The number of piperazine rings is 1. The number of hydrogen-bond acceptors (Lipinski definition) is 4. The zero-order valence-corrected chi connectivity index (χ0v) is 15.2. The van der Waals surface area contributed by atoms with Gasteiger partial charge in [-0.3, -0.25) is 9.59 Å². The van der Waals surface area contributed by atoms with Crippen molar-refractivity contribution in [2.75, 3.05) is 50.7 Å². The van der Waals surface area contributed by atoms with E-state index in [0.717, 1.165) is 44.8 Å². The molecule has 2 saturated heterocycles. The molecule has 0 bridgehead atoms. The quantitative estimate of drug-likeness (QED) is 0.895. The molecule has 0 spiro atoms. The van der Waals surface area contributed by atoms with Crippen LogP contribution in [0.4, 0.5) is 5.69 Å². The fourth-order valence-corrected chi connectivity index (χ4v) is 3.52. The summed E-state index contributed by atoms with van der Waals surface area (Å²) < 4.78 is 0. The molecule has 3 rings (SSSR count). The lowest BCUT2D eigenvalue weighted by atomic mass is 10.1. The molecule has 1 unspecified atom stereocenters. The summed E-state index contributed by atoms with van der Waals surface area (Å²) in [6.07, 6.45) is 0.793. The number of carbonyl (C=O) groups excluding carboxylic acids is 2. The Labute approximate surface area is 149 Å². The molecule has 2 aliphatic rings. The summed E-state index contributed by atoms with van der Waals surface area (Å²) in [4.78, 5) is 31.2. The molecule has 0 aromatic heterocycles. The van der Waals surface area contributed by atoms with E-state index < -0.39 is 6.04 Å². The topological polar surface area (TPSA) is 55.9 Å². The number of nitrogens with zero attached hydrogens (tertiary/aromatic N) is 3. The van der Waals surface area contributed by atoms with Crippen molar-refractivity contribution < 1.29 is 9.59 Å². The maximum Gasteiger partial charge on any atom is 0.254 e. The van der Waals surface area contributed by atoms with Crippen LogP contribution in [-0.4, -0.2) is 73.5 Å². The first-order valence-corrected chi connectivity index (χ1v) is 9.26. The number of likely N-dealkylation sites (N-methyl/N-ethyl adjacent to an activating group) is 1. The molecular formula is C19H28N4O2. The van der Waals surface area contributed by atoms with Crippen molar-refractivity contribution in [3.05, 3.63) is 29.8 Å². The van der Waals surface area contributed by atoms with E-state index in [1.54, 1.807) is 11.8 Å². The van der Waals surface area contributed by atoms with E-state index in [2.05, 4.69) is 22.0 Å². The van der Waals surface area contributed by atoms with Gasteiger partial charge in [0, 0.05) is 50.5 Å². The average Bonchev–Trinajstić information content (AvgIpc) is 2.83. The van der Waals surface area contributed by atoms with Gasteiger partial charge in [0.15, 0.2) is 0 Å². The molecule has 2 aliphatic heterocycles. The van der Waals surface area contributed by atoms with Gasteiger partial charge in [-0.2, -0.15) is 0 Å². The van der Waals surface area contributed by atoms with Crippen LogP contribution in [0.1, 0.15) is 30.6 Å². The number of benzene rings is 1. The van der Waals surface area contributed by atoms with Crippen molar-refractivity contribution in [3.8, 4) is 0 Å². The van der Waals surface area contributed by atoms with Crippen molar-refractivity contribution in [2.24, 2.45) is 0 Å². The molecule has 25 heavy (non-hydrogen) atoms. The van der Waals surface area contributed by atoms with E-state index in [9.17, 15) is 9.59 Å². The first kappa shape index (κ1) is 17.7. The average molecular weight is 344 g/mol. The Bertz CT molecular complexity index is 608. The van der Waals surface area contributed by atoms with E-state index in [0.29, 0.717) is 18.7 Å². The van der Waals surface area contributed by atoms with Crippen LogP contribution < -0.4 is 10.2 Å². The van der Waals surface area contributed by atoms with Crippen LogP contribution in [0.15, 0.2) is 24.3 Å². The summed E-state index contributed by atoms with van der Waals surface area (Å²) in [5, 5.41) is 2.85. The highest BCUT2D eigenvalue weighted by molar-refractivity contribution is 5.97. The first-order valence-electron chi connectivity index (χ1n) is 9.26. The van der Waals surface area contributed by atoms with Crippen LogP contribution in [0, 0.1) is 0 Å². The number of anilines is 1. The van der Waals surface area contributed by atoms with E-state index in [1.165, 1.54) is 0 Å². The number of nitrogens with one attached hydrogen (secondary N) is 1. The van der Waals surface area contributed by atoms with Crippen LogP contribution in [-0.2, 0) is 4.79 Å². The number of carbonyl (C=O) groups is 2. The minimum absolute atomic E-state index is 0.0631. The van der Waals surface area contributed by atoms with Crippen molar-refractivity contribution >= 4 is 17.5 Å². The first-order chi connectivity index (χ1) is 12.1. The van der Waals surface area contributed by atoms with Crippen molar-refractivity contribution in [1.82, 2.24) is 15.1 Å². The van der Waals surface area contributed by atoms with Crippen LogP contribution >= 0.6 is 0 Å². The highest BCUT2D eigenvalue weighted by Crippen LogP contribution is 2.19. The molecule has 2 amide bonds. The predicted molar refractivity (Wildman–Crippen MR) is 98.9 cm³/mol. The van der Waals surface area contributed by atoms with Crippen LogP contribution in [0.25, 0.3) is 0 Å². The van der Waals surface area contributed by atoms with Gasteiger partial charge >= 0.3 is 0 Å². The highest BCUT2D eigenvalue weighted by atomic mass is 16.2. The lowest BCUT2D eigenvalue weighted by molar-refractivity contribution is -0.124. The van der Waals surface area contributed by atoms with E-state index >= 15 is 0 Å². The summed E-state index contributed by atoms with van der Waals surface area (Å²) in [6, 6.07) is 7.41. The Hall–Kier alpha value is -2.08. The van der Waals surface area contributed by atoms with Gasteiger partial charge < -0.3 is 20.0 Å². The lowest BCUT2D eigenvalue weighted by Gasteiger charge is -2.35. The summed E-state index contributed by atoms with van der Waals surface area (Å²) in [5.74, 6) is -0.136. The fraction of sp³-hybridized carbons (Fsp3) is 0.579. The number of hydrogen-bond donors (Lipinski definition) is 1. The third-order valence-corrected chi connectivity index (χ3v) is 5.28. The Morgan fingerprint density at radius 2 is 1.80 bits per heavy atom. The van der Waals surface area contributed by atoms with Gasteiger partial charge in [-0.25, -0.2) is 0 Å². The third kappa shape index (κ3) is 3.95. The molecular weight excluding hydrogens is 316 g/mol. The largest absolute Gasteiger partial charge is 0.369 e. The molecule has 1 atom stereocenters. The van der Waals surface area contributed by atoms with Gasteiger partial charge in [-0.15, -0.1) is 0 Å². The molecule has 2 fully saturated rings. The standard InChI is InChI=1S/C19H28N4O2/c1-3-21-11-13-22(14-12-21)17-7-5-16(6-8-17)19(25)23-10-4-9-20-18(24)15(23)2/h5-8,15H,3-4,9-14H2,1-2H3,(H,20,24). The Morgan fingerprint density at radius 1 is 1.12 bits per heavy atom. The third-order valence-electron chi connectivity index (χ3n) is 5.28. The number of amides is 2. The zero-order chi connectivity index (χ0) is 17.8. The molecule has 1 aromatic rings. The minimum Gasteiger partial charge on any atom is -0.369 e. The van der Waals surface area contributed by atoms with Gasteiger partial charge in [0.2, 0.25) is 5.91 Å². The van der Waals surface area contributed by atoms with Gasteiger partial charge in [0.1, 0.15) is 6.04 Å². The second kappa shape index (κ2) is 7.87. The van der Waals surface area contributed by atoms with Crippen LogP contribution in [0.5, 0.6) is 0 Å². The van der Waals surface area contributed by atoms with Crippen LogP contribution in [0.2, 0.25) is 0 Å². The summed E-state index contributed by atoms with van der Waals surface area (Å²) in [5.41, 5.74) is 1.81. The summed E-state index contributed by atoms with van der Waals surface area (Å²) in [6.45, 7) is 10.5. The van der Waals surface area contributed by atoms with Gasteiger partial charge in [-0.05, 0) is 44.2 Å². The van der Waals surface area contributed by atoms with Gasteiger partial charge in [0.05, 0.1) is 0 Å². The molecule has 6 heteroatoms. The van der Waals surface area contributed by atoms with Gasteiger partial charge in [-0.1, -0.05) is 6.92 Å². The summed E-state index contributed by atoms with van der Waals surface area (Å²) in [7, 11) is 0. The molecule has 6 nitrogen and oxygen atoms in total. The molecule has 1 N–H and O–H groups in total. The Morgan fingerprint density at radius 3 is 2.44 bits per heavy atom. The second-order valence-corrected chi connectivity index (χ2v) is 6.79. The van der Waals surface area contributed by atoms with Gasteiger partial charge in [0.25, 0.3) is 5.91 Å². The SMILES string of the molecule is CCN1CCN(c2ccc(C(=O)N3CCCNC(=O)C3C)cc2)CC1. The zero-order valence-electron chi connectivity index (χ0n) is 15.2. The van der Waals surface area contributed by atoms with Crippen molar-refractivity contribution in [2.45, 2.75) is 26.3 Å². The minimum atomic E-state index is -0.420. The summed E-state index contributed by atoms with van der Waals surface area (Å²) >= 11 is 0.